The van der Waals surface area contributed by atoms with Crippen LogP contribution >= 0.6 is 11.8 Å². The molecule has 1 aliphatic rings. The maximum Gasteiger partial charge on any atom is 0.254 e. The molecule has 0 unspecified atom stereocenters. The molecule has 144 valence electrons. The summed E-state index contributed by atoms with van der Waals surface area (Å²) in [5.74, 6) is 0.146. The number of carbonyl (C=O) groups excluding carboxylic acids is 2. The third-order valence-electron chi connectivity index (χ3n) is 4.23. The Morgan fingerprint density at radius 2 is 1.89 bits per heavy atom. The number of rotatable bonds is 5. The van der Waals surface area contributed by atoms with E-state index in [0.717, 1.165) is 5.16 Å². The number of carbonyl (C=O) groups is 2. The van der Waals surface area contributed by atoms with Crippen LogP contribution in [-0.4, -0.2) is 57.3 Å². The number of imidazole rings is 1. The minimum atomic E-state index is -0.113. The fourth-order valence-corrected chi connectivity index (χ4v) is 3.77. The minimum absolute atomic E-state index is 0.0137. The molecule has 8 heteroatoms. The summed E-state index contributed by atoms with van der Waals surface area (Å²) in [5.41, 5.74) is 1.28. The third kappa shape index (κ3) is 5.11. The van der Waals surface area contributed by atoms with Gasteiger partial charge in [0.25, 0.3) is 5.91 Å². The maximum absolute atomic E-state index is 12.7. The molecule has 2 amide bonds. The van der Waals surface area contributed by atoms with Crippen molar-refractivity contribution < 1.29 is 14.3 Å². The Balaban J connectivity index is 1.54. The molecule has 1 aliphatic heterocycles. The monoisotopic (exact) mass is 388 g/mol. The van der Waals surface area contributed by atoms with Crippen molar-refractivity contribution in [2.75, 3.05) is 24.2 Å². The van der Waals surface area contributed by atoms with E-state index >= 15 is 0 Å². The number of ether oxygens (including phenoxy) is 1. The normalized spacial score (nSPS) is 19.7. The first-order chi connectivity index (χ1) is 12.9. The van der Waals surface area contributed by atoms with Gasteiger partial charge in [0.05, 0.1) is 18.0 Å². The van der Waals surface area contributed by atoms with Crippen LogP contribution in [0.25, 0.3) is 0 Å². The van der Waals surface area contributed by atoms with Gasteiger partial charge in [-0.1, -0.05) is 11.8 Å². The molecule has 0 spiro atoms. The lowest BCUT2D eigenvalue weighted by molar-refractivity contribution is -0.113. The SMILES string of the molecule is C[C@@H]1CN(C(=O)c2ccc(NC(=O)CSc3nccn3C)cc2)C[C@H](C)O1. The standard InChI is InChI=1S/C19H24N4O3S/c1-13-10-23(11-14(2)26-13)18(25)15-4-6-16(7-5-15)21-17(24)12-27-19-20-8-9-22(19)3/h4-9,13-14H,10-12H2,1-3H3,(H,21,24)/t13-,14+. The second-order valence-electron chi connectivity index (χ2n) is 6.70. The van der Waals surface area contributed by atoms with Gasteiger partial charge in [0, 0.05) is 43.8 Å². The molecule has 27 heavy (non-hydrogen) atoms. The van der Waals surface area contributed by atoms with Gasteiger partial charge in [0.1, 0.15) is 0 Å². The summed E-state index contributed by atoms with van der Waals surface area (Å²) in [6.07, 6.45) is 3.61. The lowest BCUT2D eigenvalue weighted by Gasteiger charge is -2.35. The average molecular weight is 388 g/mol. The number of thioether (sulfide) groups is 1. The largest absolute Gasteiger partial charge is 0.372 e. The first-order valence-electron chi connectivity index (χ1n) is 8.87. The number of aryl methyl sites for hydroxylation is 1. The zero-order valence-electron chi connectivity index (χ0n) is 15.7. The molecule has 1 aromatic heterocycles. The Morgan fingerprint density at radius 3 is 2.48 bits per heavy atom. The molecule has 1 fully saturated rings. The topological polar surface area (TPSA) is 76.5 Å². The van der Waals surface area contributed by atoms with Gasteiger partial charge in [0.2, 0.25) is 5.91 Å². The number of amides is 2. The van der Waals surface area contributed by atoms with Gasteiger partial charge in [-0.25, -0.2) is 4.98 Å². The van der Waals surface area contributed by atoms with Crippen LogP contribution in [-0.2, 0) is 16.6 Å². The highest BCUT2D eigenvalue weighted by molar-refractivity contribution is 7.99. The van der Waals surface area contributed by atoms with E-state index in [1.165, 1.54) is 11.8 Å². The lowest BCUT2D eigenvalue weighted by atomic mass is 10.1. The Morgan fingerprint density at radius 1 is 1.22 bits per heavy atom. The van der Waals surface area contributed by atoms with E-state index in [4.69, 9.17) is 4.74 Å². The number of nitrogens with zero attached hydrogens (tertiary/aromatic N) is 3. The molecule has 0 radical (unpaired) electrons. The van der Waals surface area contributed by atoms with E-state index in [9.17, 15) is 9.59 Å². The van der Waals surface area contributed by atoms with Crippen LogP contribution in [0.2, 0.25) is 0 Å². The predicted octanol–water partition coefficient (Wildman–Crippen LogP) is 2.40. The van der Waals surface area contributed by atoms with Crippen molar-refractivity contribution >= 4 is 29.3 Å². The molecule has 3 rings (SSSR count). The fraction of sp³-hybridized carbons (Fsp3) is 0.421. The van der Waals surface area contributed by atoms with E-state index in [1.807, 2.05) is 36.6 Å². The van der Waals surface area contributed by atoms with Crippen molar-refractivity contribution in [1.29, 1.82) is 0 Å². The molecule has 2 aromatic rings. The highest BCUT2D eigenvalue weighted by Crippen LogP contribution is 2.18. The second kappa shape index (κ2) is 8.58. The molecule has 0 saturated carbocycles. The van der Waals surface area contributed by atoms with Crippen molar-refractivity contribution in [3.05, 3.63) is 42.2 Å². The van der Waals surface area contributed by atoms with Gasteiger partial charge in [-0.05, 0) is 38.1 Å². The van der Waals surface area contributed by atoms with Crippen LogP contribution in [0.3, 0.4) is 0 Å². The van der Waals surface area contributed by atoms with E-state index in [0.29, 0.717) is 24.3 Å². The van der Waals surface area contributed by atoms with Gasteiger partial charge in [-0.2, -0.15) is 0 Å². The third-order valence-corrected chi connectivity index (χ3v) is 5.29. The number of benzene rings is 1. The van der Waals surface area contributed by atoms with Crippen LogP contribution in [0.1, 0.15) is 24.2 Å². The van der Waals surface area contributed by atoms with Gasteiger partial charge < -0.3 is 19.5 Å². The van der Waals surface area contributed by atoms with Crippen molar-refractivity contribution in [2.45, 2.75) is 31.2 Å². The van der Waals surface area contributed by atoms with E-state index in [2.05, 4.69) is 10.3 Å². The Labute approximate surface area is 163 Å². The number of morpholine rings is 1. The Hall–Kier alpha value is -2.32. The zero-order valence-corrected chi connectivity index (χ0v) is 16.5. The van der Waals surface area contributed by atoms with Gasteiger partial charge in [0.15, 0.2) is 5.16 Å². The van der Waals surface area contributed by atoms with Gasteiger partial charge in [-0.15, -0.1) is 0 Å². The molecular formula is C19H24N4O3S. The van der Waals surface area contributed by atoms with E-state index in [-0.39, 0.29) is 29.8 Å². The molecule has 2 heterocycles. The first-order valence-corrected chi connectivity index (χ1v) is 9.85. The quantitative estimate of drug-likeness (QED) is 0.796. The number of nitrogens with one attached hydrogen (secondary N) is 1. The molecular weight excluding hydrogens is 364 g/mol. The Kier molecular flexibility index (Phi) is 6.18. The molecule has 0 bridgehead atoms. The summed E-state index contributed by atoms with van der Waals surface area (Å²) in [6.45, 7) is 5.12. The first kappa shape index (κ1) is 19.4. The van der Waals surface area contributed by atoms with Gasteiger partial charge >= 0.3 is 0 Å². The molecule has 1 aromatic carbocycles. The second-order valence-corrected chi connectivity index (χ2v) is 7.64. The lowest BCUT2D eigenvalue weighted by Crippen LogP contribution is -2.48. The average Bonchev–Trinajstić information content (AvgIpc) is 3.04. The van der Waals surface area contributed by atoms with E-state index in [1.54, 1.807) is 30.5 Å². The minimum Gasteiger partial charge on any atom is -0.372 e. The Bertz CT molecular complexity index is 796. The van der Waals surface area contributed by atoms with Crippen molar-refractivity contribution in [2.24, 2.45) is 7.05 Å². The maximum atomic E-state index is 12.7. The number of hydrogen-bond acceptors (Lipinski definition) is 5. The summed E-state index contributed by atoms with van der Waals surface area (Å²) in [6, 6.07) is 7.00. The van der Waals surface area contributed by atoms with Crippen molar-refractivity contribution in [1.82, 2.24) is 14.5 Å². The molecule has 2 atom stereocenters. The van der Waals surface area contributed by atoms with Crippen LogP contribution < -0.4 is 5.32 Å². The summed E-state index contributed by atoms with van der Waals surface area (Å²) in [4.78, 5) is 30.8. The zero-order chi connectivity index (χ0) is 19.4. The summed E-state index contributed by atoms with van der Waals surface area (Å²) in [5, 5.41) is 3.63. The van der Waals surface area contributed by atoms with Crippen LogP contribution in [0.4, 0.5) is 5.69 Å². The smallest absolute Gasteiger partial charge is 0.254 e. The highest BCUT2D eigenvalue weighted by atomic mass is 32.2. The van der Waals surface area contributed by atoms with Crippen molar-refractivity contribution in [3.63, 3.8) is 0 Å². The van der Waals surface area contributed by atoms with Crippen LogP contribution in [0.5, 0.6) is 0 Å². The molecule has 1 saturated heterocycles. The summed E-state index contributed by atoms with van der Waals surface area (Å²) >= 11 is 1.38. The summed E-state index contributed by atoms with van der Waals surface area (Å²) < 4.78 is 7.54. The number of aromatic nitrogens is 2. The van der Waals surface area contributed by atoms with Crippen molar-refractivity contribution in [3.8, 4) is 0 Å². The molecule has 0 aliphatic carbocycles. The predicted molar refractivity (Wildman–Crippen MR) is 105 cm³/mol. The molecule has 1 N–H and O–H groups in total. The van der Waals surface area contributed by atoms with E-state index < -0.39 is 0 Å². The number of hydrogen-bond donors (Lipinski definition) is 1. The highest BCUT2D eigenvalue weighted by Gasteiger charge is 2.26. The fourth-order valence-electron chi connectivity index (χ4n) is 3.04. The number of anilines is 1. The van der Waals surface area contributed by atoms with Crippen LogP contribution in [0.15, 0.2) is 41.8 Å². The van der Waals surface area contributed by atoms with Gasteiger partial charge in [-0.3, -0.25) is 9.59 Å². The summed E-state index contributed by atoms with van der Waals surface area (Å²) in [7, 11) is 1.89. The van der Waals surface area contributed by atoms with Crippen LogP contribution in [0, 0.1) is 0 Å². The molecule has 7 nitrogen and oxygen atoms in total.